The monoisotopic (exact) mass is 514 g/mol. The van der Waals surface area contributed by atoms with Crippen molar-refractivity contribution in [3.63, 3.8) is 0 Å². The number of aliphatic carboxylic acids is 1. The van der Waals surface area contributed by atoms with Crippen LogP contribution < -0.4 is 10.4 Å². The van der Waals surface area contributed by atoms with Crippen LogP contribution in [0.5, 0.6) is 0 Å². The molecule has 1 atom stereocenters. The predicted molar refractivity (Wildman–Crippen MR) is 137 cm³/mol. The van der Waals surface area contributed by atoms with Crippen LogP contribution in [-0.2, 0) is 33.1 Å². The van der Waals surface area contributed by atoms with Crippen molar-refractivity contribution in [2.45, 2.75) is 58.4 Å². The van der Waals surface area contributed by atoms with E-state index in [1.807, 2.05) is 75.4 Å². The Morgan fingerprint density at radius 1 is 0.833 bits per heavy atom. The van der Waals surface area contributed by atoms with E-state index in [-0.39, 0.29) is 26.1 Å². The van der Waals surface area contributed by atoms with Crippen molar-refractivity contribution in [3.05, 3.63) is 60.2 Å². The largest absolute Gasteiger partial charge is 0.509 e. The number of hydrogen-bond donors (Lipinski definition) is 1. The van der Waals surface area contributed by atoms with Crippen LogP contribution in [0.2, 0.25) is 5.04 Å². The summed E-state index contributed by atoms with van der Waals surface area (Å²) in [7, 11) is -3.43. The summed E-state index contributed by atoms with van der Waals surface area (Å²) in [6.07, 6.45) is -0.606. The van der Waals surface area contributed by atoms with Crippen molar-refractivity contribution in [3.8, 4) is 0 Å². The van der Waals surface area contributed by atoms with Crippen LogP contribution in [0.3, 0.4) is 0 Å². The van der Waals surface area contributed by atoms with E-state index in [2.05, 4.69) is 0 Å². The lowest BCUT2D eigenvalue weighted by Crippen LogP contribution is -2.68. The van der Waals surface area contributed by atoms with Crippen LogP contribution in [-0.4, -0.2) is 50.5 Å². The fraction of sp³-hybridized carbons (Fsp3) is 0.407. The van der Waals surface area contributed by atoms with E-state index in [0.717, 1.165) is 15.9 Å². The molecule has 2 rings (SSSR count). The predicted octanol–water partition coefficient (Wildman–Crippen LogP) is 3.16. The Morgan fingerprint density at radius 3 is 1.86 bits per heavy atom. The van der Waals surface area contributed by atoms with Gasteiger partial charge in [-0.25, -0.2) is 0 Å². The molecular formula is C27H34O8Si. The van der Waals surface area contributed by atoms with Gasteiger partial charge in [-0.3, -0.25) is 19.2 Å². The van der Waals surface area contributed by atoms with Crippen LogP contribution in [0.4, 0.5) is 0 Å². The van der Waals surface area contributed by atoms with Crippen molar-refractivity contribution in [2.24, 2.45) is 0 Å². The van der Waals surface area contributed by atoms with Gasteiger partial charge in [-0.15, -0.1) is 0 Å². The number of carboxylic acids is 1. The fourth-order valence-corrected chi connectivity index (χ4v) is 8.85. The van der Waals surface area contributed by atoms with Crippen molar-refractivity contribution in [1.29, 1.82) is 0 Å². The zero-order valence-corrected chi connectivity index (χ0v) is 22.4. The molecule has 0 saturated carbocycles. The summed E-state index contributed by atoms with van der Waals surface area (Å²) in [6.45, 7) is 8.50. The molecule has 194 valence electrons. The van der Waals surface area contributed by atoms with Crippen LogP contribution in [0.15, 0.2) is 54.6 Å². The maximum atomic E-state index is 13.1. The molecule has 0 bridgehead atoms. The number of hydrogen-bond acceptors (Lipinski definition) is 7. The Morgan fingerprint density at radius 2 is 1.36 bits per heavy atom. The quantitative estimate of drug-likeness (QED) is 0.359. The van der Waals surface area contributed by atoms with Gasteiger partial charge in [-0.05, 0) is 21.0 Å². The van der Waals surface area contributed by atoms with Gasteiger partial charge in [0.1, 0.15) is 13.2 Å². The zero-order valence-electron chi connectivity index (χ0n) is 21.4. The summed E-state index contributed by atoms with van der Waals surface area (Å²) in [4.78, 5) is 47.4. The highest BCUT2D eigenvalue weighted by atomic mass is 28.4. The van der Waals surface area contributed by atoms with Crippen molar-refractivity contribution in [2.75, 3.05) is 13.2 Å². The third kappa shape index (κ3) is 7.27. The Balaban J connectivity index is 2.77. The smallest absolute Gasteiger partial charge is 0.324 e. The molecule has 1 unspecified atom stereocenters. The summed E-state index contributed by atoms with van der Waals surface area (Å²) in [5.41, 5.74) is 0.733. The van der Waals surface area contributed by atoms with E-state index in [4.69, 9.17) is 19.0 Å². The number of carboxylic acid groups (broad SMARTS) is 1. The van der Waals surface area contributed by atoms with Crippen LogP contribution in [0, 0.1) is 0 Å². The highest BCUT2D eigenvalue weighted by Crippen LogP contribution is 2.38. The Labute approximate surface area is 212 Å². The topological polar surface area (TPSA) is 116 Å². The first-order valence-corrected chi connectivity index (χ1v) is 13.6. The highest BCUT2D eigenvalue weighted by Gasteiger charge is 2.54. The van der Waals surface area contributed by atoms with Gasteiger partial charge in [-0.2, -0.15) is 0 Å². The Hall–Kier alpha value is -3.46. The molecule has 36 heavy (non-hydrogen) atoms. The van der Waals surface area contributed by atoms with Crippen LogP contribution in [0.25, 0.3) is 0 Å². The first kappa shape index (κ1) is 28.8. The number of carbonyl (C=O) groups is 4. The first-order chi connectivity index (χ1) is 16.9. The average molecular weight is 515 g/mol. The van der Waals surface area contributed by atoms with E-state index >= 15 is 0 Å². The first-order valence-electron chi connectivity index (χ1n) is 11.7. The number of rotatable bonds is 11. The molecule has 0 amide bonds. The van der Waals surface area contributed by atoms with Gasteiger partial charge < -0.3 is 19.0 Å². The normalized spacial score (nSPS) is 12.9. The third-order valence-electron chi connectivity index (χ3n) is 5.80. The number of benzene rings is 2. The lowest BCUT2D eigenvalue weighted by atomic mass is 10.0. The maximum absolute atomic E-state index is 13.1. The SMILES string of the molecule is CC(=O)OCC(COC(C)=O)c1ccccc1[Si](OC(=O)CCC(=O)O)(c1ccccc1)C(C)(C)C. The van der Waals surface area contributed by atoms with Gasteiger partial charge in [0.05, 0.1) is 18.8 Å². The van der Waals surface area contributed by atoms with Crippen LogP contribution >= 0.6 is 0 Å². The molecule has 0 fully saturated rings. The molecule has 0 spiro atoms. The van der Waals surface area contributed by atoms with Gasteiger partial charge in [0, 0.05) is 13.8 Å². The highest BCUT2D eigenvalue weighted by molar-refractivity contribution is 7.00. The number of esters is 2. The van der Waals surface area contributed by atoms with Gasteiger partial charge in [-0.1, -0.05) is 75.4 Å². The van der Waals surface area contributed by atoms with Crippen LogP contribution in [0.1, 0.15) is 58.9 Å². The minimum Gasteiger partial charge on any atom is -0.509 e. The van der Waals surface area contributed by atoms with Gasteiger partial charge in [0.15, 0.2) is 0 Å². The summed E-state index contributed by atoms with van der Waals surface area (Å²) < 4.78 is 17.0. The zero-order chi connectivity index (χ0) is 26.9. The van der Waals surface area contributed by atoms with E-state index < -0.39 is 43.2 Å². The molecule has 0 aliphatic carbocycles. The lowest BCUT2D eigenvalue weighted by Gasteiger charge is -2.43. The lowest BCUT2D eigenvalue weighted by molar-refractivity contribution is -0.144. The van der Waals surface area contributed by atoms with E-state index in [9.17, 15) is 19.2 Å². The van der Waals surface area contributed by atoms with E-state index in [0.29, 0.717) is 0 Å². The third-order valence-corrected chi connectivity index (χ3v) is 10.8. The minimum atomic E-state index is -3.43. The molecule has 0 heterocycles. The molecule has 0 saturated heterocycles. The van der Waals surface area contributed by atoms with Crippen molar-refractivity contribution < 1.29 is 38.2 Å². The fourth-order valence-electron chi connectivity index (χ4n) is 4.20. The summed E-state index contributed by atoms with van der Waals surface area (Å²) in [5.74, 6) is -3.14. The van der Waals surface area contributed by atoms with E-state index in [1.54, 1.807) is 0 Å². The summed E-state index contributed by atoms with van der Waals surface area (Å²) in [5, 5.41) is 10.1. The standard InChI is InChI=1S/C27H34O8Si/c1-19(28)33-17-21(18-34-20(2)29)23-13-9-10-14-24(23)36(27(3,4)5,22-11-7-6-8-12-22)35-26(32)16-15-25(30)31/h6-14,21H,15-18H2,1-5H3,(H,30,31). The molecule has 0 aliphatic rings. The Bertz CT molecular complexity index is 1060. The average Bonchev–Trinajstić information content (AvgIpc) is 2.81. The molecule has 8 nitrogen and oxygen atoms in total. The molecule has 0 radical (unpaired) electrons. The second-order valence-corrected chi connectivity index (χ2v) is 13.7. The molecular weight excluding hydrogens is 480 g/mol. The Kier molecular flexibility index (Phi) is 9.98. The summed E-state index contributed by atoms with van der Waals surface area (Å²) in [6, 6.07) is 16.8. The number of ether oxygens (including phenoxy) is 2. The molecule has 2 aromatic rings. The summed E-state index contributed by atoms with van der Waals surface area (Å²) >= 11 is 0. The van der Waals surface area contributed by atoms with Gasteiger partial charge in [0.2, 0.25) is 0 Å². The molecule has 1 N–H and O–H groups in total. The maximum Gasteiger partial charge on any atom is 0.324 e. The second kappa shape index (κ2) is 12.5. The van der Waals surface area contributed by atoms with Gasteiger partial charge >= 0.3 is 26.2 Å². The molecule has 2 aromatic carbocycles. The molecule has 9 heteroatoms. The molecule has 0 aliphatic heterocycles. The van der Waals surface area contributed by atoms with Crippen molar-refractivity contribution in [1.82, 2.24) is 0 Å². The minimum absolute atomic E-state index is 0.0317. The van der Waals surface area contributed by atoms with E-state index in [1.165, 1.54) is 13.8 Å². The number of carbonyl (C=O) groups excluding carboxylic acids is 3. The molecule has 0 aromatic heterocycles. The van der Waals surface area contributed by atoms with Gasteiger partial charge in [0.25, 0.3) is 5.97 Å². The second-order valence-electron chi connectivity index (χ2n) is 9.55. The van der Waals surface area contributed by atoms with Crippen molar-refractivity contribution >= 4 is 42.6 Å².